The number of aliphatic hydroxyl groups is 1. The van der Waals surface area contributed by atoms with Crippen molar-refractivity contribution >= 4 is 34.5 Å². The Hall–Kier alpha value is -0.540. The van der Waals surface area contributed by atoms with E-state index in [9.17, 15) is 5.11 Å². The zero-order chi connectivity index (χ0) is 13.1. The van der Waals surface area contributed by atoms with E-state index in [1.165, 1.54) is 4.88 Å². The van der Waals surface area contributed by atoms with E-state index in [0.29, 0.717) is 16.5 Å². The van der Waals surface area contributed by atoms with Crippen molar-refractivity contribution < 1.29 is 5.11 Å². The third kappa shape index (κ3) is 3.27. The third-order valence-corrected chi connectivity index (χ3v) is 4.84. The Morgan fingerprint density at radius 1 is 1.17 bits per heavy atom. The van der Waals surface area contributed by atoms with Gasteiger partial charge in [-0.2, -0.15) is 0 Å². The van der Waals surface area contributed by atoms with Gasteiger partial charge in [0.25, 0.3) is 0 Å². The molecule has 1 atom stereocenters. The van der Waals surface area contributed by atoms with Crippen LogP contribution in [0.15, 0.2) is 30.3 Å². The molecule has 18 heavy (non-hydrogen) atoms. The lowest BCUT2D eigenvalue weighted by atomic mass is 10.1. The van der Waals surface area contributed by atoms with E-state index in [1.807, 2.05) is 12.1 Å². The zero-order valence-corrected chi connectivity index (χ0v) is 12.3. The second-order valence-electron chi connectivity index (χ2n) is 4.13. The summed E-state index contributed by atoms with van der Waals surface area (Å²) in [4.78, 5) is 2.29. The van der Waals surface area contributed by atoms with E-state index in [1.54, 1.807) is 23.5 Å². The lowest BCUT2D eigenvalue weighted by molar-refractivity contribution is 0.182. The molecule has 2 aromatic rings. The predicted molar refractivity (Wildman–Crippen MR) is 78.8 cm³/mol. The Morgan fingerprint density at radius 3 is 2.56 bits per heavy atom. The van der Waals surface area contributed by atoms with Gasteiger partial charge in [-0.3, -0.25) is 0 Å². The Balaban J connectivity index is 2.10. The highest BCUT2D eigenvalue weighted by molar-refractivity contribution is 7.12. The van der Waals surface area contributed by atoms with E-state index in [-0.39, 0.29) is 0 Å². The van der Waals surface area contributed by atoms with Gasteiger partial charge in [0.1, 0.15) is 0 Å². The fraction of sp³-hybridized carbons (Fsp3) is 0.286. The average molecular weight is 301 g/mol. The fourth-order valence-corrected chi connectivity index (χ4v) is 3.01. The van der Waals surface area contributed by atoms with E-state index in [2.05, 4.69) is 13.0 Å². The Kier molecular flexibility index (Phi) is 4.68. The van der Waals surface area contributed by atoms with Crippen molar-refractivity contribution in [1.82, 2.24) is 0 Å². The number of halogens is 2. The molecule has 0 aliphatic carbocycles. The average Bonchev–Trinajstić information content (AvgIpc) is 2.82. The number of rotatable bonds is 4. The molecule has 0 saturated carbocycles. The molecule has 96 valence electrons. The van der Waals surface area contributed by atoms with Gasteiger partial charge in [0.05, 0.1) is 16.1 Å². The zero-order valence-electron chi connectivity index (χ0n) is 9.99. The molecule has 2 rings (SSSR count). The molecule has 0 saturated heterocycles. The first kappa shape index (κ1) is 13.9. The summed E-state index contributed by atoms with van der Waals surface area (Å²) in [5, 5.41) is 11.2. The molecule has 0 amide bonds. The minimum atomic E-state index is -0.479. The molecule has 1 heterocycles. The van der Waals surface area contributed by atoms with Gasteiger partial charge in [0, 0.05) is 16.2 Å². The monoisotopic (exact) mass is 300 g/mol. The van der Waals surface area contributed by atoms with Crippen molar-refractivity contribution in [2.75, 3.05) is 0 Å². The van der Waals surface area contributed by atoms with Gasteiger partial charge in [0.15, 0.2) is 0 Å². The van der Waals surface area contributed by atoms with E-state index in [4.69, 9.17) is 23.2 Å². The summed E-state index contributed by atoms with van der Waals surface area (Å²) in [5.41, 5.74) is 0.989. The first-order valence-corrected chi connectivity index (χ1v) is 7.38. The Bertz CT molecular complexity index is 536. The molecule has 1 aromatic carbocycles. The Morgan fingerprint density at radius 2 is 1.94 bits per heavy atom. The van der Waals surface area contributed by atoms with Crippen LogP contribution < -0.4 is 0 Å². The van der Waals surface area contributed by atoms with E-state index >= 15 is 0 Å². The maximum Gasteiger partial charge on any atom is 0.0922 e. The number of hydrogen-bond donors (Lipinski definition) is 1. The van der Waals surface area contributed by atoms with E-state index in [0.717, 1.165) is 16.9 Å². The molecule has 1 nitrogen and oxygen atoms in total. The predicted octanol–water partition coefficient (Wildman–Crippen LogP) is 4.89. The van der Waals surface area contributed by atoms with Crippen LogP contribution in [0.25, 0.3) is 0 Å². The van der Waals surface area contributed by atoms with Gasteiger partial charge in [-0.25, -0.2) is 0 Å². The Labute approximate surface area is 121 Å². The summed E-state index contributed by atoms with van der Waals surface area (Å²) in [6.45, 7) is 2.11. The second-order valence-corrected chi connectivity index (χ2v) is 6.14. The van der Waals surface area contributed by atoms with Crippen LogP contribution in [0, 0.1) is 0 Å². The minimum Gasteiger partial charge on any atom is -0.387 e. The number of hydrogen-bond acceptors (Lipinski definition) is 2. The molecule has 1 unspecified atom stereocenters. The topological polar surface area (TPSA) is 20.2 Å². The number of aliphatic hydroxyl groups excluding tert-OH is 1. The largest absolute Gasteiger partial charge is 0.387 e. The first-order valence-electron chi connectivity index (χ1n) is 5.80. The molecular weight excluding hydrogens is 287 g/mol. The van der Waals surface area contributed by atoms with Gasteiger partial charge in [-0.15, -0.1) is 11.3 Å². The molecule has 4 heteroatoms. The molecule has 0 bridgehead atoms. The third-order valence-electron chi connectivity index (χ3n) is 2.77. The van der Waals surface area contributed by atoms with Crippen LogP contribution in [0.5, 0.6) is 0 Å². The van der Waals surface area contributed by atoms with Crippen molar-refractivity contribution in [3.8, 4) is 0 Å². The molecule has 1 N–H and O–H groups in total. The van der Waals surface area contributed by atoms with Gasteiger partial charge in [-0.05, 0) is 36.2 Å². The summed E-state index contributed by atoms with van der Waals surface area (Å²) in [6, 6.07) is 9.52. The number of benzene rings is 1. The molecule has 0 radical (unpaired) electrons. The van der Waals surface area contributed by atoms with Crippen LogP contribution in [0.3, 0.4) is 0 Å². The quantitative estimate of drug-likeness (QED) is 0.852. The van der Waals surface area contributed by atoms with Gasteiger partial charge in [0.2, 0.25) is 0 Å². The molecule has 0 fully saturated rings. The summed E-state index contributed by atoms with van der Waals surface area (Å²) in [7, 11) is 0. The van der Waals surface area contributed by atoms with Gasteiger partial charge in [-0.1, -0.05) is 36.2 Å². The highest BCUT2D eigenvalue weighted by Crippen LogP contribution is 2.28. The van der Waals surface area contributed by atoms with Gasteiger partial charge >= 0.3 is 0 Å². The SMILES string of the molecule is CCc1ccc(C(O)Cc2ccc(Cl)c(Cl)c2)s1. The van der Waals surface area contributed by atoms with Crippen molar-refractivity contribution in [2.24, 2.45) is 0 Å². The second kappa shape index (κ2) is 6.07. The first-order chi connectivity index (χ1) is 8.60. The lowest BCUT2D eigenvalue weighted by Gasteiger charge is -2.09. The lowest BCUT2D eigenvalue weighted by Crippen LogP contribution is -1.99. The van der Waals surface area contributed by atoms with Crippen LogP contribution in [-0.4, -0.2) is 5.11 Å². The van der Waals surface area contributed by atoms with Gasteiger partial charge < -0.3 is 5.11 Å². The molecule has 0 aliphatic heterocycles. The fourth-order valence-electron chi connectivity index (χ4n) is 1.75. The van der Waals surface area contributed by atoms with Crippen LogP contribution >= 0.6 is 34.5 Å². The van der Waals surface area contributed by atoms with Crippen LogP contribution in [-0.2, 0) is 12.8 Å². The summed E-state index contributed by atoms with van der Waals surface area (Å²) >= 11 is 13.5. The summed E-state index contributed by atoms with van der Waals surface area (Å²) in [5.74, 6) is 0. The maximum atomic E-state index is 10.2. The summed E-state index contributed by atoms with van der Waals surface area (Å²) < 4.78 is 0. The van der Waals surface area contributed by atoms with Crippen molar-refractivity contribution in [2.45, 2.75) is 25.9 Å². The number of thiophene rings is 1. The molecule has 0 aliphatic rings. The molecular formula is C14H14Cl2OS. The van der Waals surface area contributed by atoms with Crippen LogP contribution in [0.1, 0.15) is 28.3 Å². The molecule has 1 aromatic heterocycles. The van der Waals surface area contributed by atoms with Crippen molar-refractivity contribution in [3.63, 3.8) is 0 Å². The van der Waals surface area contributed by atoms with Crippen LogP contribution in [0.4, 0.5) is 0 Å². The highest BCUT2D eigenvalue weighted by Gasteiger charge is 2.12. The van der Waals surface area contributed by atoms with E-state index < -0.39 is 6.10 Å². The summed E-state index contributed by atoms with van der Waals surface area (Å²) in [6.07, 6.45) is 1.08. The minimum absolute atomic E-state index is 0.479. The maximum absolute atomic E-state index is 10.2. The normalized spacial score (nSPS) is 12.7. The van der Waals surface area contributed by atoms with Crippen LogP contribution in [0.2, 0.25) is 10.0 Å². The van der Waals surface area contributed by atoms with Crippen molar-refractivity contribution in [3.05, 3.63) is 55.7 Å². The number of aryl methyl sites for hydroxylation is 1. The van der Waals surface area contributed by atoms with Crippen molar-refractivity contribution in [1.29, 1.82) is 0 Å². The standard InChI is InChI=1S/C14H14Cl2OS/c1-2-10-4-6-14(18-10)13(17)8-9-3-5-11(15)12(16)7-9/h3-7,13,17H,2,8H2,1H3. The highest BCUT2D eigenvalue weighted by atomic mass is 35.5. The smallest absolute Gasteiger partial charge is 0.0922 e. The molecule has 0 spiro atoms.